The first-order valence-electron chi connectivity index (χ1n) is 3.64. The number of aryl methyl sites for hydroxylation is 1. The van der Waals surface area contributed by atoms with Crippen molar-refractivity contribution in [2.75, 3.05) is 0 Å². The van der Waals surface area contributed by atoms with Gasteiger partial charge in [0.1, 0.15) is 10.1 Å². The maximum atomic E-state index is 10.7. The molecule has 0 radical (unpaired) electrons. The summed E-state index contributed by atoms with van der Waals surface area (Å²) in [7, 11) is -4.38. The molecule has 70 valence electrons. The molecule has 0 aliphatic rings. The largest absolute Gasteiger partial charge is 1.00 e. The van der Waals surface area contributed by atoms with E-state index in [0.717, 1.165) is 5.56 Å². The summed E-state index contributed by atoms with van der Waals surface area (Å²) in [4.78, 5) is -0.215. The standard InChI is InChI=1S/C9H10O3S.Na/c1-3-8-6-7(2)4-5-9(8)13(10,11)12;/h3-6H,1H2,2H3,(H,10,11,12);/q;+1/p-1. The van der Waals surface area contributed by atoms with Crippen molar-refractivity contribution in [1.82, 2.24) is 0 Å². The Bertz CT molecular complexity index is 437. The van der Waals surface area contributed by atoms with Crippen molar-refractivity contribution in [3.05, 3.63) is 35.9 Å². The van der Waals surface area contributed by atoms with Gasteiger partial charge in [0.25, 0.3) is 0 Å². The Morgan fingerprint density at radius 3 is 2.43 bits per heavy atom. The van der Waals surface area contributed by atoms with Crippen molar-refractivity contribution in [2.45, 2.75) is 11.8 Å². The molecule has 1 rings (SSSR count). The van der Waals surface area contributed by atoms with Crippen LogP contribution in [-0.4, -0.2) is 13.0 Å². The quantitative estimate of drug-likeness (QED) is 0.452. The van der Waals surface area contributed by atoms with Crippen molar-refractivity contribution in [3.8, 4) is 0 Å². The molecule has 0 bridgehead atoms. The Labute approximate surface area is 106 Å². The van der Waals surface area contributed by atoms with E-state index in [-0.39, 0.29) is 34.5 Å². The second-order valence-corrected chi connectivity index (χ2v) is 4.05. The molecule has 0 saturated heterocycles. The van der Waals surface area contributed by atoms with Crippen molar-refractivity contribution >= 4 is 16.2 Å². The molecule has 0 fully saturated rings. The maximum Gasteiger partial charge on any atom is 1.00 e. The van der Waals surface area contributed by atoms with E-state index in [1.165, 1.54) is 12.1 Å². The smallest absolute Gasteiger partial charge is 0.744 e. The van der Waals surface area contributed by atoms with E-state index in [0.29, 0.717) is 5.56 Å². The monoisotopic (exact) mass is 220 g/mol. The van der Waals surface area contributed by atoms with Crippen LogP contribution in [0.2, 0.25) is 0 Å². The van der Waals surface area contributed by atoms with Gasteiger partial charge in [0, 0.05) is 0 Å². The van der Waals surface area contributed by atoms with Gasteiger partial charge in [-0.05, 0) is 18.6 Å². The first-order valence-corrected chi connectivity index (χ1v) is 5.05. The minimum Gasteiger partial charge on any atom is -0.744 e. The molecular weight excluding hydrogens is 211 g/mol. The van der Waals surface area contributed by atoms with Crippen LogP contribution in [0.5, 0.6) is 0 Å². The second-order valence-electron chi connectivity index (χ2n) is 2.70. The zero-order valence-corrected chi connectivity index (χ0v) is 11.0. The van der Waals surface area contributed by atoms with E-state index in [4.69, 9.17) is 0 Å². The minimum atomic E-state index is -4.38. The second kappa shape index (κ2) is 5.09. The summed E-state index contributed by atoms with van der Waals surface area (Å²) in [6, 6.07) is 4.49. The number of rotatable bonds is 2. The molecule has 5 heteroatoms. The third-order valence-electron chi connectivity index (χ3n) is 1.65. The van der Waals surface area contributed by atoms with Crippen molar-refractivity contribution in [3.63, 3.8) is 0 Å². The maximum absolute atomic E-state index is 10.7. The predicted molar refractivity (Wildman–Crippen MR) is 49.2 cm³/mol. The molecule has 1 aromatic carbocycles. The first-order chi connectivity index (χ1) is 5.95. The van der Waals surface area contributed by atoms with Crippen LogP contribution in [-0.2, 0) is 10.1 Å². The Hall–Kier alpha value is -0.130. The molecule has 0 aliphatic carbocycles. The average molecular weight is 220 g/mol. The molecular formula is C9H9NaO3S. The summed E-state index contributed by atoms with van der Waals surface area (Å²) in [5.41, 5.74) is 1.25. The van der Waals surface area contributed by atoms with E-state index in [2.05, 4.69) is 6.58 Å². The van der Waals surface area contributed by atoms with Crippen molar-refractivity contribution in [1.29, 1.82) is 0 Å². The van der Waals surface area contributed by atoms with Gasteiger partial charge < -0.3 is 4.55 Å². The predicted octanol–water partition coefficient (Wildman–Crippen LogP) is -1.45. The van der Waals surface area contributed by atoms with E-state index < -0.39 is 10.1 Å². The molecule has 0 aromatic heterocycles. The van der Waals surface area contributed by atoms with Crippen LogP contribution in [0.1, 0.15) is 11.1 Å². The topological polar surface area (TPSA) is 57.2 Å². The van der Waals surface area contributed by atoms with Gasteiger partial charge in [-0.2, -0.15) is 0 Å². The van der Waals surface area contributed by atoms with E-state index in [9.17, 15) is 13.0 Å². The first kappa shape index (κ1) is 13.9. The number of benzene rings is 1. The molecule has 0 spiro atoms. The van der Waals surface area contributed by atoms with Crippen LogP contribution >= 0.6 is 0 Å². The molecule has 0 unspecified atom stereocenters. The molecule has 0 atom stereocenters. The average Bonchev–Trinajstić information content (AvgIpc) is 2.01. The molecule has 0 aliphatic heterocycles. The Balaban J connectivity index is 0.00000169. The fraction of sp³-hybridized carbons (Fsp3) is 0.111. The zero-order valence-electron chi connectivity index (χ0n) is 8.15. The van der Waals surface area contributed by atoms with Gasteiger partial charge >= 0.3 is 29.6 Å². The van der Waals surface area contributed by atoms with Gasteiger partial charge in [0.15, 0.2) is 0 Å². The summed E-state index contributed by atoms with van der Waals surface area (Å²) in [6.45, 7) is 5.26. The summed E-state index contributed by atoms with van der Waals surface area (Å²) in [6.07, 6.45) is 1.36. The minimum absolute atomic E-state index is 0. The van der Waals surface area contributed by atoms with Crippen LogP contribution in [0.15, 0.2) is 29.7 Å². The van der Waals surface area contributed by atoms with E-state index in [1.807, 2.05) is 6.92 Å². The fourth-order valence-electron chi connectivity index (χ4n) is 1.06. The van der Waals surface area contributed by atoms with Gasteiger partial charge in [0.2, 0.25) is 0 Å². The third-order valence-corrected chi connectivity index (χ3v) is 2.57. The summed E-state index contributed by atoms with van der Waals surface area (Å²) < 4.78 is 32.2. The fourth-order valence-corrected chi connectivity index (χ4v) is 1.72. The van der Waals surface area contributed by atoms with Gasteiger partial charge in [-0.15, -0.1) is 0 Å². The normalized spacial score (nSPS) is 10.4. The number of hydrogen-bond acceptors (Lipinski definition) is 3. The van der Waals surface area contributed by atoms with Gasteiger partial charge in [-0.1, -0.05) is 30.4 Å². The molecule has 1 aromatic rings. The molecule has 0 N–H and O–H groups in total. The SMILES string of the molecule is C=Cc1cc(C)ccc1S(=O)(=O)[O-].[Na+]. The Morgan fingerprint density at radius 2 is 2.00 bits per heavy atom. The third kappa shape index (κ3) is 3.22. The van der Waals surface area contributed by atoms with E-state index in [1.54, 1.807) is 12.1 Å². The molecule has 3 nitrogen and oxygen atoms in total. The van der Waals surface area contributed by atoms with Crippen LogP contribution in [0, 0.1) is 6.92 Å². The summed E-state index contributed by atoms with van der Waals surface area (Å²) in [5.74, 6) is 0. The molecule has 0 heterocycles. The van der Waals surface area contributed by atoms with Crippen LogP contribution in [0.4, 0.5) is 0 Å². The van der Waals surface area contributed by atoms with Gasteiger partial charge in [0.05, 0.1) is 4.90 Å². The Morgan fingerprint density at radius 1 is 1.43 bits per heavy atom. The van der Waals surface area contributed by atoms with Crippen LogP contribution in [0.3, 0.4) is 0 Å². The van der Waals surface area contributed by atoms with E-state index >= 15 is 0 Å². The van der Waals surface area contributed by atoms with Crippen LogP contribution in [0.25, 0.3) is 6.08 Å². The van der Waals surface area contributed by atoms with Gasteiger partial charge in [-0.3, -0.25) is 0 Å². The Kier molecular flexibility index (Phi) is 5.05. The number of hydrogen-bond donors (Lipinski definition) is 0. The molecule has 14 heavy (non-hydrogen) atoms. The van der Waals surface area contributed by atoms with Gasteiger partial charge in [-0.25, -0.2) is 8.42 Å². The van der Waals surface area contributed by atoms with Crippen LogP contribution < -0.4 is 29.6 Å². The zero-order chi connectivity index (χ0) is 10.1. The van der Waals surface area contributed by atoms with Crippen molar-refractivity contribution in [2.24, 2.45) is 0 Å². The summed E-state index contributed by atoms with van der Waals surface area (Å²) >= 11 is 0. The molecule has 0 amide bonds. The van der Waals surface area contributed by atoms with Crippen molar-refractivity contribution < 1.29 is 42.5 Å². The summed E-state index contributed by atoms with van der Waals surface area (Å²) in [5, 5.41) is 0. The molecule has 0 saturated carbocycles.